The van der Waals surface area contributed by atoms with Gasteiger partial charge in [0.25, 0.3) is 0 Å². The van der Waals surface area contributed by atoms with Crippen LogP contribution in [0.3, 0.4) is 0 Å². The van der Waals surface area contributed by atoms with Crippen LogP contribution in [0.4, 0.5) is 13.2 Å². The minimum Gasteiger partial charge on any atom is -0.298 e. The second kappa shape index (κ2) is 4.60. The molecule has 2 aromatic rings. The van der Waals surface area contributed by atoms with Crippen LogP contribution in [-0.4, -0.2) is 11.3 Å². The number of nitrogens with zero attached hydrogens (tertiary/aromatic N) is 1. The lowest BCUT2D eigenvalue weighted by Gasteiger charge is -2.09. The molecule has 0 atom stereocenters. The summed E-state index contributed by atoms with van der Waals surface area (Å²) in [4.78, 5) is 14.7. The molecule has 0 fully saturated rings. The van der Waals surface area contributed by atoms with Crippen LogP contribution in [0.5, 0.6) is 0 Å². The van der Waals surface area contributed by atoms with E-state index in [-0.39, 0.29) is 0 Å². The second-order valence-corrected chi connectivity index (χ2v) is 3.66. The van der Waals surface area contributed by atoms with Gasteiger partial charge in [-0.3, -0.25) is 9.78 Å². The Bertz CT molecular complexity index is 578. The molecule has 0 bridgehead atoms. The summed E-state index contributed by atoms with van der Waals surface area (Å²) >= 11 is 0. The monoisotopic (exact) mass is 251 g/mol. The summed E-state index contributed by atoms with van der Waals surface area (Å²) < 4.78 is 37.7. The average Bonchev–Trinajstić information content (AvgIpc) is 2.38. The van der Waals surface area contributed by atoms with Gasteiger partial charge >= 0.3 is 6.18 Å². The molecule has 0 saturated carbocycles. The van der Waals surface area contributed by atoms with Crippen LogP contribution < -0.4 is 0 Å². The van der Waals surface area contributed by atoms with Crippen LogP contribution >= 0.6 is 0 Å². The van der Waals surface area contributed by atoms with Gasteiger partial charge in [-0.25, -0.2) is 0 Å². The maximum absolute atomic E-state index is 12.6. The molecule has 1 heterocycles. The van der Waals surface area contributed by atoms with Crippen LogP contribution in [-0.2, 0) is 6.18 Å². The Morgan fingerprint density at radius 1 is 1.17 bits per heavy atom. The number of hydrogen-bond donors (Lipinski definition) is 0. The summed E-state index contributed by atoms with van der Waals surface area (Å²) in [6, 6.07) is 6.27. The number of benzene rings is 1. The molecular formula is C13H8F3NO. The molecule has 0 radical (unpaired) electrons. The van der Waals surface area contributed by atoms with Gasteiger partial charge in [-0.1, -0.05) is 12.1 Å². The van der Waals surface area contributed by atoms with Crippen molar-refractivity contribution in [2.24, 2.45) is 0 Å². The summed E-state index contributed by atoms with van der Waals surface area (Å²) in [6.07, 6.45) is -1.02. The molecule has 1 aromatic heterocycles. The number of aldehydes is 1. The molecule has 0 aliphatic rings. The first-order valence-corrected chi connectivity index (χ1v) is 5.09. The number of halogens is 3. The highest BCUT2D eigenvalue weighted by atomic mass is 19.4. The van der Waals surface area contributed by atoms with E-state index in [4.69, 9.17) is 0 Å². The fourth-order valence-electron chi connectivity index (χ4n) is 1.61. The molecule has 2 rings (SSSR count). The third-order valence-corrected chi connectivity index (χ3v) is 2.48. The van der Waals surface area contributed by atoms with Gasteiger partial charge in [0.15, 0.2) is 6.29 Å². The summed E-state index contributed by atoms with van der Waals surface area (Å²) in [5, 5.41) is 0. The van der Waals surface area contributed by atoms with E-state index in [9.17, 15) is 18.0 Å². The van der Waals surface area contributed by atoms with Crippen LogP contribution in [0.1, 0.15) is 15.9 Å². The van der Waals surface area contributed by atoms with Crippen LogP contribution in [0.15, 0.2) is 42.7 Å². The van der Waals surface area contributed by atoms with Gasteiger partial charge in [-0.15, -0.1) is 0 Å². The molecule has 1 aromatic carbocycles. The van der Waals surface area contributed by atoms with E-state index in [1.54, 1.807) is 0 Å². The zero-order valence-corrected chi connectivity index (χ0v) is 9.11. The van der Waals surface area contributed by atoms with Gasteiger partial charge in [0.1, 0.15) is 0 Å². The summed E-state index contributed by atoms with van der Waals surface area (Å²) in [6.45, 7) is 0. The minimum absolute atomic E-state index is 0.310. The van der Waals surface area contributed by atoms with Crippen molar-refractivity contribution in [3.8, 4) is 11.1 Å². The van der Waals surface area contributed by atoms with Crippen molar-refractivity contribution < 1.29 is 18.0 Å². The highest BCUT2D eigenvalue weighted by Crippen LogP contribution is 2.32. The number of carbonyl (C=O) groups excluding carboxylic acids is 1. The van der Waals surface area contributed by atoms with E-state index >= 15 is 0 Å². The zero-order valence-electron chi connectivity index (χ0n) is 9.11. The molecule has 0 N–H and O–H groups in total. The first kappa shape index (κ1) is 12.3. The second-order valence-electron chi connectivity index (χ2n) is 3.66. The smallest absolute Gasteiger partial charge is 0.298 e. The number of hydrogen-bond acceptors (Lipinski definition) is 2. The third kappa shape index (κ3) is 2.40. The Labute approximate surface area is 101 Å². The number of carbonyl (C=O) groups is 1. The van der Waals surface area contributed by atoms with Crippen molar-refractivity contribution in [3.05, 3.63) is 53.9 Å². The number of pyridine rings is 1. The lowest BCUT2D eigenvalue weighted by Crippen LogP contribution is -2.04. The first-order chi connectivity index (χ1) is 8.52. The van der Waals surface area contributed by atoms with Crippen molar-refractivity contribution in [3.63, 3.8) is 0 Å². The van der Waals surface area contributed by atoms with E-state index in [1.165, 1.54) is 30.6 Å². The summed E-state index contributed by atoms with van der Waals surface area (Å²) in [7, 11) is 0. The molecule has 0 spiro atoms. The number of rotatable bonds is 2. The van der Waals surface area contributed by atoms with Crippen molar-refractivity contribution in [1.29, 1.82) is 0 Å². The fraction of sp³-hybridized carbons (Fsp3) is 0.0769. The van der Waals surface area contributed by atoms with Crippen molar-refractivity contribution in [2.45, 2.75) is 6.18 Å². The molecule has 2 nitrogen and oxygen atoms in total. The van der Waals surface area contributed by atoms with E-state index in [2.05, 4.69) is 4.98 Å². The van der Waals surface area contributed by atoms with Crippen LogP contribution in [0, 0.1) is 0 Å². The van der Waals surface area contributed by atoms with Gasteiger partial charge in [-0.05, 0) is 23.8 Å². The van der Waals surface area contributed by atoms with E-state index in [1.807, 2.05) is 0 Å². The average molecular weight is 251 g/mol. The Hall–Kier alpha value is -2.17. The Morgan fingerprint density at radius 3 is 2.61 bits per heavy atom. The van der Waals surface area contributed by atoms with Gasteiger partial charge in [0.05, 0.1) is 5.56 Å². The largest absolute Gasteiger partial charge is 0.416 e. The summed E-state index contributed by atoms with van der Waals surface area (Å²) in [5.74, 6) is 0. The molecule has 5 heteroatoms. The highest BCUT2D eigenvalue weighted by molar-refractivity contribution is 5.87. The Balaban J connectivity index is 2.55. The zero-order chi connectivity index (χ0) is 13.2. The molecule has 0 unspecified atom stereocenters. The quantitative estimate of drug-likeness (QED) is 0.763. The number of aromatic nitrogens is 1. The Morgan fingerprint density at radius 2 is 1.94 bits per heavy atom. The van der Waals surface area contributed by atoms with Gasteiger partial charge in [-0.2, -0.15) is 13.2 Å². The lowest BCUT2D eigenvalue weighted by molar-refractivity contribution is -0.137. The maximum atomic E-state index is 12.6. The van der Waals surface area contributed by atoms with Crippen LogP contribution in [0.2, 0.25) is 0 Å². The SMILES string of the molecule is O=Cc1ccncc1-c1cccc(C(F)(F)F)c1. The molecule has 18 heavy (non-hydrogen) atoms. The fourth-order valence-corrected chi connectivity index (χ4v) is 1.61. The van der Waals surface area contributed by atoms with Crippen molar-refractivity contribution in [1.82, 2.24) is 4.98 Å². The van der Waals surface area contributed by atoms with Gasteiger partial charge in [0.2, 0.25) is 0 Å². The lowest BCUT2D eigenvalue weighted by atomic mass is 10.0. The third-order valence-electron chi connectivity index (χ3n) is 2.48. The summed E-state index contributed by atoms with van der Waals surface area (Å²) in [5.41, 5.74) is 0.267. The molecular weight excluding hydrogens is 243 g/mol. The van der Waals surface area contributed by atoms with Crippen LogP contribution in [0.25, 0.3) is 11.1 Å². The minimum atomic E-state index is -4.40. The highest BCUT2D eigenvalue weighted by Gasteiger charge is 2.30. The predicted octanol–water partition coefficient (Wildman–Crippen LogP) is 3.58. The molecule has 0 saturated heterocycles. The predicted molar refractivity (Wildman–Crippen MR) is 60.1 cm³/mol. The molecule has 0 aliphatic heterocycles. The Kier molecular flexibility index (Phi) is 3.14. The van der Waals surface area contributed by atoms with Gasteiger partial charge < -0.3 is 0 Å². The van der Waals surface area contributed by atoms with E-state index < -0.39 is 11.7 Å². The molecule has 0 amide bonds. The van der Waals surface area contributed by atoms with Gasteiger partial charge in [0, 0.05) is 23.5 Å². The topological polar surface area (TPSA) is 30.0 Å². The van der Waals surface area contributed by atoms with E-state index in [0.29, 0.717) is 23.0 Å². The standard InChI is InChI=1S/C13H8F3NO/c14-13(15,16)11-3-1-2-9(6-11)12-7-17-5-4-10(12)8-18/h1-8H. The van der Waals surface area contributed by atoms with Crippen molar-refractivity contribution in [2.75, 3.05) is 0 Å². The first-order valence-electron chi connectivity index (χ1n) is 5.09. The number of alkyl halides is 3. The molecule has 0 aliphatic carbocycles. The normalized spacial score (nSPS) is 11.3. The van der Waals surface area contributed by atoms with Crippen molar-refractivity contribution >= 4 is 6.29 Å². The maximum Gasteiger partial charge on any atom is 0.416 e. The van der Waals surface area contributed by atoms with E-state index in [0.717, 1.165) is 12.1 Å². The molecule has 92 valence electrons.